The second-order valence-electron chi connectivity index (χ2n) is 3.36. The average molecular weight is 188 g/mol. The maximum Gasteiger partial charge on any atom is 0.136 e. The van der Waals surface area contributed by atoms with E-state index in [9.17, 15) is 4.79 Å². The van der Waals surface area contributed by atoms with Crippen molar-refractivity contribution in [3.8, 4) is 0 Å². The van der Waals surface area contributed by atoms with Crippen LogP contribution in [-0.2, 0) is 11.2 Å². The highest BCUT2D eigenvalue weighted by Gasteiger charge is 2.02. The van der Waals surface area contributed by atoms with Crippen molar-refractivity contribution in [3.63, 3.8) is 0 Å². The van der Waals surface area contributed by atoms with E-state index in [1.165, 1.54) is 0 Å². The molecule has 0 N–H and O–H groups in total. The Morgan fingerprint density at radius 1 is 1.36 bits per heavy atom. The van der Waals surface area contributed by atoms with Crippen LogP contribution < -0.4 is 0 Å². The van der Waals surface area contributed by atoms with E-state index in [-0.39, 0.29) is 5.78 Å². The maximum absolute atomic E-state index is 11.2. The van der Waals surface area contributed by atoms with Gasteiger partial charge in [-0.25, -0.2) is 0 Å². The summed E-state index contributed by atoms with van der Waals surface area (Å²) in [5, 5.41) is 1.06. The van der Waals surface area contributed by atoms with Gasteiger partial charge in [0.15, 0.2) is 0 Å². The summed E-state index contributed by atoms with van der Waals surface area (Å²) in [5.74, 6) is 0.271. The monoisotopic (exact) mass is 188 g/mol. The van der Waals surface area contributed by atoms with E-state index in [0.717, 1.165) is 16.5 Å². The SMILES string of the molecule is CCC(=O)Cc1ccc2occc2c1. The number of benzene rings is 1. The standard InChI is InChI=1S/C12H12O2/c1-2-11(13)8-9-3-4-12-10(7-9)5-6-14-12/h3-7H,2,8H2,1H3. The molecule has 14 heavy (non-hydrogen) atoms. The minimum Gasteiger partial charge on any atom is -0.464 e. The van der Waals surface area contributed by atoms with E-state index < -0.39 is 0 Å². The first kappa shape index (κ1) is 9.00. The van der Waals surface area contributed by atoms with E-state index in [0.29, 0.717) is 12.8 Å². The number of fused-ring (bicyclic) bond motifs is 1. The molecule has 1 aromatic heterocycles. The van der Waals surface area contributed by atoms with Gasteiger partial charge in [-0.15, -0.1) is 0 Å². The highest BCUT2D eigenvalue weighted by molar-refractivity contribution is 5.83. The summed E-state index contributed by atoms with van der Waals surface area (Å²) >= 11 is 0. The van der Waals surface area contributed by atoms with Gasteiger partial charge in [-0.1, -0.05) is 13.0 Å². The predicted molar refractivity (Wildman–Crippen MR) is 55.2 cm³/mol. The first-order chi connectivity index (χ1) is 6.79. The number of hydrogen-bond donors (Lipinski definition) is 0. The summed E-state index contributed by atoms with van der Waals surface area (Å²) in [6.07, 6.45) is 2.79. The summed E-state index contributed by atoms with van der Waals surface area (Å²) < 4.78 is 5.22. The van der Waals surface area contributed by atoms with Crippen molar-refractivity contribution >= 4 is 16.8 Å². The average Bonchev–Trinajstić information content (AvgIpc) is 2.64. The highest BCUT2D eigenvalue weighted by atomic mass is 16.3. The Labute approximate surface area is 82.5 Å². The molecule has 0 saturated carbocycles. The van der Waals surface area contributed by atoms with E-state index in [1.807, 2.05) is 31.2 Å². The molecular formula is C12H12O2. The summed E-state index contributed by atoms with van der Waals surface area (Å²) in [4.78, 5) is 11.2. The number of ketones is 1. The van der Waals surface area contributed by atoms with Crippen LogP contribution in [0.4, 0.5) is 0 Å². The molecule has 0 saturated heterocycles. The molecule has 0 unspecified atom stereocenters. The molecule has 2 rings (SSSR count). The van der Waals surface area contributed by atoms with E-state index >= 15 is 0 Å². The van der Waals surface area contributed by atoms with E-state index in [1.54, 1.807) is 6.26 Å². The van der Waals surface area contributed by atoms with Crippen molar-refractivity contribution in [1.82, 2.24) is 0 Å². The number of hydrogen-bond acceptors (Lipinski definition) is 2. The van der Waals surface area contributed by atoms with Crippen molar-refractivity contribution in [2.45, 2.75) is 19.8 Å². The van der Waals surface area contributed by atoms with Gasteiger partial charge in [-0.05, 0) is 23.8 Å². The Bertz CT molecular complexity index is 454. The molecule has 0 aliphatic carbocycles. The third-order valence-electron chi connectivity index (χ3n) is 2.31. The zero-order valence-electron chi connectivity index (χ0n) is 8.12. The van der Waals surface area contributed by atoms with Crippen molar-refractivity contribution in [2.24, 2.45) is 0 Å². The number of carbonyl (C=O) groups excluding carboxylic acids is 1. The molecule has 2 aromatic rings. The van der Waals surface area contributed by atoms with E-state index in [4.69, 9.17) is 4.42 Å². The normalized spacial score (nSPS) is 10.6. The molecule has 1 aromatic carbocycles. The van der Waals surface area contributed by atoms with Gasteiger partial charge in [0.05, 0.1) is 6.26 Å². The van der Waals surface area contributed by atoms with Gasteiger partial charge in [0.25, 0.3) is 0 Å². The summed E-state index contributed by atoms with van der Waals surface area (Å²) in [7, 11) is 0. The van der Waals surface area contributed by atoms with Crippen LogP contribution in [0.3, 0.4) is 0 Å². The van der Waals surface area contributed by atoms with Gasteiger partial charge in [-0.2, -0.15) is 0 Å². The molecule has 72 valence electrons. The van der Waals surface area contributed by atoms with Gasteiger partial charge in [0.2, 0.25) is 0 Å². The molecule has 0 atom stereocenters. The van der Waals surface area contributed by atoms with Crippen molar-refractivity contribution in [3.05, 3.63) is 36.1 Å². The maximum atomic E-state index is 11.2. The topological polar surface area (TPSA) is 30.2 Å². The first-order valence-electron chi connectivity index (χ1n) is 4.77. The van der Waals surface area contributed by atoms with Gasteiger partial charge >= 0.3 is 0 Å². The Morgan fingerprint density at radius 2 is 2.21 bits per heavy atom. The van der Waals surface area contributed by atoms with Crippen LogP contribution in [0.2, 0.25) is 0 Å². The molecule has 2 nitrogen and oxygen atoms in total. The molecule has 0 amide bonds. The molecule has 0 bridgehead atoms. The largest absolute Gasteiger partial charge is 0.464 e. The van der Waals surface area contributed by atoms with Gasteiger partial charge < -0.3 is 4.42 Å². The molecule has 0 aliphatic rings. The summed E-state index contributed by atoms with van der Waals surface area (Å²) in [5.41, 5.74) is 1.93. The molecular weight excluding hydrogens is 176 g/mol. The van der Waals surface area contributed by atoms with Gasteiger partial charge in [-0.3, -0.25) is 4.79 Å². The third-order valence-corrected chi connectivity index (χ3v) is 2.31. The molecule has 1 heterocycles. The van der Waals surface area contributed by atoms with E-state index in [2.05, 4.69) is 0 Å². The Morgan fingerprint density at radius 3 is 3.00 bits per heavy atom. The molecule has 0 radical (unpaired) electrons. The highest BCUT2D eigenvalue weighted by Crippen LogP contribution is 2.17. The lowest BCUT2D eigenvalue weighted by molar-refractivity contribution is -0.118. The van der Waals surface area contributed by atoms with Gasteiger partial charge in [0, 0.05) is 18.2 Å². The first-order valence-corrected chi connectivity index (χ1v) is 4.77. The summed E-state index contributed by atoms with van der Waals surface area (Å²) in [6.45, 7) is 1.89. The Kier molecular flexibility index (Phi) is 2.35. The summed E-state index contributed by atoms with van der Waals surface area (Å²) in [6, 6.07) is 7.77. The smallest absolute Gasteiger partial charge is 0.136 e. The van der Waals surface area contributed by atoms with Crippen molar-refractivity contribution in [1.29, 1.82) is 0 Å². The van der Waals surface area contributed by atoms with Crippen molar-refractivity contribution in [2.75, 3.05) is 0 Å². The lowest BCUT2D eigenvalue weighted by Gasteiger charge is -1.98. The quantitative estimate of drug-likeness (QED) is 0.741. The zero-order valence-corrected chi connectivity index (χ0v) is 8.12. The van der Waals surface area contributed by atoms with Crippen LogP contribution in [0.25, 0.3) is 11.0 Å². The Balaban J connectivity index is 2.30. The van der Waals surface area contributed by atoms with Crippen molar-refractivity contribution < 1.29 is 9.21 Å². The number of carbonyl (C=O) groups is 1. The van der Waals surface area contributed by atoms with Crippen LogP contribution >= 0.6 is 0 Å². The van der Waals surface area contributed by atoms with Gasteiger partial charge in [0.1, 0.15) is 11.4 Å². The van der Waals surface area contributed by atoms with Crippen LogP contribution in [0.1, 0.15) is 18.9 Å². The fourth-order valence-corrected chi connectivity index (χ4v) is 1.48. The van der Waals surface area contributed by atoms with Crippen LogP contribution in [-0.4, -0.2) is 5.78 Å². The molecule has 2 heteroatoms. The second-order valence-corrected chi connectivity index (χ2v) is 3.36. The molecule has 0 spiro atoms. The number of furan rings is 1. The fourth-order valence-electron chi connectivity index (χ4n) is 1.48. The third kappa shape index (κ3) is 1.69. The molecule has 0 fully saturated rings. The second kappa shape index (κ2) is 3.66. The fraction of sp³-hybridized carbons (Fsp3) is 0.250. The molecule has 0 aliphatic heterocycles. The van der Waals surface area contributed by atoms with Crippen LogP contribution in [0.5, 0.6) is 0 Å². The lowest BCUT2D eigenvalue weighted by Crippen LogP contribution is -1.99. The van der Waals surface area contributed by atoms with Crippen LogP contribution in [0, 0.1) is 0 Å². The lowest BCUT2D eigenvalue weighted by atomic mass is 10.1. The number of Topliss-reactive ketones (excluding diaryl/α,β-unsaturated/α-hetero) is 1. The zero-order chi connectivity index (χ0) is 9.97. The minimum atomic E-state index is 0.271. The minimum absolute atomic E-state index is 0.271. The Hall–Kier alpha value is -1.57. The number of rotatable bonds is 3. The predicted octanol–water partition coefficient (Wildman–Crippen LogP) is 2.95. The van der Waals surface area contributed by atoms with Crippen LogP contribution in [0.15, 0.2) is 34.9 Å².